The third-order valence-corrected chi connectivity index (χ3v) is 5.62. The molecule has 1 atom stereocenters. The zero-order valence-corrected chi connectivity index (χ0v) is 21.6. The molecule has 35 heavy (non-hydrogen) atoms. The van der Waals surface area contributed by atoms with E-state index in [0.29, 0.717) is 43.0 Å². The van der Waals surface area contributed by atoms with Crippen LogP contribution in [-0.4, -0.2) is 54.3 Å². The van der Waals surface area contributed by atoms with Gasteiger partial charge in [0, 0.05) is 31.8 Å². The Morgan fingerprint density at radius 2 is 1.80 bits per heavy atom. The Bertz CT molecular complexity index is 1130. The first-order chi connectivity index (χ1) is 16.9. The Kier molecular flexibility index (Phi) is 9.25. The summed E-state index contributed by atoms with van der Waals surface area (Å²) in [5.41, 5.74) is 3.79. The van der Waals surface area contributed by atoms with Gasteiger partial charge in [-0.1, -0.05) is 36.7 Å². The second-order valence-electron chi connectivity index (χ2n) is 8.55. The minimum Gasteiger partial charge on any atom is -0.490 e. The number of carbonyl (C=O) groups is 1. The fraction of sp³-hybridized carbons (Fsp3) is 0.444. The van der Waals surface area contributed by atoms with Crippen LogP contribution in [0.4, 0.5) is 0 Å². The molecule has 1 aromatic heterocycles. The standard InChI is InChI=1S/C27H36N4O4/c1-7-10-22(27(32)31(5)6)28-17-19-11-13-21(18(4)15-19)25-29-26(35-30-25)20-12-14-23(33-8-2)24(16-20)34-9-3/h11-16,22,28H,7-10,17H2,1-6H3/t22-/m0/s1. The molecule has 0 aliphatic rings. The van der Waals surface area contributed by atoms with Crippen LogP contribution in [0.1, 0.15) is 44.7 Å². The van der Waals surface area contributed by atoms with Crippen LogP contribution in [0.25, 0.3) is 22.8 Å². The lowest BCUT2D eigenvalue weighted by atomic mass is 10.0. The summed E-state index contributed by atoms with van der Waals surface area (Å²) in [5, 5.41) is 7.60. The van der Waals surface area contributed by atoms with Crippen LogP contribution >= 0.6 is 0 Å². The van der Waals surface area contributed by atoms with Crippen LogP contribution in [0.3, 0.4) is 0 Å². The van der Waals surface area contributed by atoms with Crippen molar-refractivity contribution in [2.24, 2.45) is 0 Å². The third kappa shape index (κ3) is 6.60. The van der Waals surface area contributed by atoms with E-state index >= 15 is 0 Å². The number of nitrogens with zero attached hydrogens (tertiary/aromatic N) is 3. The minimum atomic E-state index is -0.189. The molecule has 0 saturated carbocycles. The van der Waals surface area contributed by atoms with E-state index in [-0.39, 0.29) is 11.9 Å². The first-order valence-corrected chi connectivity index (χ1v) is 12.2. The van der Waals surface area contributed by atoms with E-state index in [1.165, 1.54) is 0 Å². The minimum absolute atomic E-state index is 0.0984. The Balaban J connectivity index is 1.76. The van der Waals surface area contributed by atoms with Crippen LogP contribution in [-0.2, 0) is 11.3 Å². The fourth-order valence-corrected chi connectivity index (χ4v) is 3.88. The molecule has 0 aliphatic heterocycles. The SMILES string of the molecule is CCC[C@H](NCc1ccc(-c2noc(-c3ccc(OCC)c(OCC)c3)n2)c(C)c1)C(=O)N(C)C. The van der Waals surface area contributed by atoms with E-state index in [2.05, 4.69) is 28.4 Å². The molecule has 0 unspecified atom stereocenters. The number of carbonyl (C=O) groups excluding carboxylic acids is 1. The molecule has 8 nitrogen and oxygen atoms in total. The molecule has 8 heteroatoms. The van der Waals surface area contributed by atoms with Crippen molar-refractivity contribution in [1.29, 1.82) is 0 Å². The molecule has 2 aromatic carbocycles. The molecule has 0 spiro atoms. The number of aromatic nitrogens is 2. The number of amides is 1. The Hall–Kier alpha value is -3.39. The quantitative estimate of drug-likeness (QED) is 0.396. The zero-order chi connectivity index (χ0) is 25.4. The number of hydrogen-bond acceptors (Lipinski definition) is 7. The van der Waals surface area contributed by atoms with Crippen molar-refractivity contribution >= 4 is 5.91 Å². The number of nitrogens with one attached hydrogen (secondary N) is 1. The first kappa shape index (κ1) is 26.2. The summed E-state index contributed by atoms with van der Waals surface area (Å²) in [6.45, 7) is 9.66. The molecule has 0 radical (unpaired) electrons. The van der Waals surface area contributed by atoms with Gasteiger partial charge >= 0.3 is 0 Å². The van der Waals surface area contributed by atoms with Crippen molar-refractivity contribution in [2.75, 3.05) is 27.3 Å². The van der Waals surface area contributed by atoms with Crippen molar-refractivity contribution in [3.63, 3.8) is 0 Å². The van der Waals surface area contributed by atoms with Crippen LogP contribution < -0.4 is 14.8 Å². The highest BCUT2D eigenvalue weighted by Gasteiger charge is 2.19. The smallest absolute Gasteiger partial charge is 0.258 e. The van der Waals surface area contributed by atoms with Gasteiger partial charge < -0.3 is 24.2 Å². The zero-order valence-electron chi connectivity index (χ0n) is 21.6. The molecule has 3 aromatic rings. The van der Waals surface area contributed by atoms with Gasteiger partial charge in [-0.15, -0.1) is 0 Å². The summed E-state index contributed by atoms with van der Waals surface area (Å²) in [5.74, 6) is 2.37. The van der Waals surface area contributed by atoms with Crippen molar-refractivity contribution in [3.05, 3.63) is 47.5 Å². The second kappa shape index (κ2) is 12.4. The summed E-state index contributed by atoms with van der Waals surface area (Å²) < 4.78 is 16.9. The predicted octanol–water partition coefficient (Wildman–Crippen LogP) is 4.86. The molecule has 1 amide bonds. The predicted molar refractivity (Wildman–Crippen MR) is 136 cm³/mol. The van der Waals surface area contributed by atoms with Gasteiger partial charge in [-0.05, 0) is 56.5 Å². The number of benzene rings is 2. The van der Waals surface area contributed by atoms with Crippen LogP contribution in [0.15, 0.2) is 40.9 Å². The number of ether oxygens (including phenoxy) is 2. The summed E-state index contributed by atoms with van der Waals surface area (Å²) in [7, 11) is 3.57. The van der Waals surface area contributed by atoms with Gasteiger partial charge in [0.15, 0.2) is 11.5 Å². The van der Waals surface area contributed by atoms with Crippen molar-refractivity contribution in [2.45, 2.75) is 53.1 Å². The molecule has 1 N–H and O–H groups in total. The van der Waals surface area contributed by atoms with Gasteiger partial charge in [0.1, 0.15) is 0 Å². The van der Waals surface area contributed by atoms with Crippen LogP contribution in [0.5, 0.6) is 11.5 Å². The molecule has 3 rings (SSSR count). The average Bonchev–Trinajstić information content (AvgIpc) is 3.32. The van der Waals surface area contributed by atoms with E-state index < -0.39 is 0 Å². The van der Waals surface area contributed by atoms with E-state index in [4.69, 9.17) is 14.0 Å². The lowest BCUT2D eigenvalue weighted by Crippen LogP contribution is -2.43. The lowest BCUT2D eigenvalue weighted by Gasteiger charge is -2.21. The van der Waals surface area contributed by atoms with Gasteiger partial charge in [0.05, 0.1) is 19.3 Å². The van der Waals surface area contributed by atoms with Crippen LogP contribution in [0.2, 0.25) is 0 Å². The van der Waals surface area contributed by atoms with Crippen LogP contribution in [0, 0.1) is 6.92 Å². The van der Waals surface area contributed by atoms with Gasteiger partial charge in [0.2, 0.25) is 11.7 Å². The Labute approximate surface area is 207 Å². The number of likely N-dealkylation sites (N-methyl/N-ethyl adjacent to an activating group) is 1. The molecule has 188 valence electrons. The number of rotatable bonds is 12. The molecular formula is C27H36N4O4. The highest BCUT2D eigenvalue weighted by Crippen LogP contribution is 2.33. The maximum Gasteiger partial charge on any atom is 0.258 e. The number of aryl methyl sites for hydroxylation is 1. The highest BCUT2D eigenvalue weighted by molar-refractivity contribution is 5.81. The maximum atomic E-state index is 12.4. The van der Waals surface area contributed by atoms with Gasteiger partial charge in [-0.2, -0.15) is 4.98 Å². The van der Waals surface area contributed by atoms with E-state index in [0.717, 1.165) is 35.1 Å². The van der Waals surface area contributed by atoms with Crippen molar-refractivity contribution in [1.82, 2.24) is 20.4 Å². The summed E-state index contributed by atoms with van der Waals surface area (Å²) in [6, 6.07) is 11.5. The monoisotopic (exact) mass is 480 g/mol. The molecular weight excluding hydrogens is 444 g/mol. The Morgan fingerprint density at radius 3 is 2.46 bits per heavy atom. The molecule has 0 aliphatic carbocycles. The molecule has 0 fully saturated rings. The summed E-state index contributed by atoms with van der Waals surface area (Å²) >= 11 is 0. The average molecular weight is 481 g/mol. The van der Waals surface area contributed by atoms with Crippen molar-refractivity contribution < 1.29 is 18.8 Å². The first-order valence-electron chi connectivity index (χ1n) is 12.2. The lowest BCUT2D eigenvalue weighted by molar-refractivity contribution is -0.131. The molecule has 1 heterocycles. The second-order valence-corrected chi connectivity index (χ2v) is 8.55. The van der Waals surface area contributed by atoms with Gasteiger partial charge in [0.25, 0.3) is 5.89 Å². The van der Waals surface area contributed by atoms with E-state index in [9.17, 15) is 4.79 Å². The highest BCUT2D eigenvalue weighted by atomic mass is 16.5. The van der Waals surface area contributed by atoms with Crippen molar-refractivity contribution in [3.8, 4) is 34.3 Å². The summed E-state index contributed by atoms with van der Waals surface area (Å²) in [6.07, 6.45) is 1.74. The third-order valence-electron chi connectivity index (χ3n) is 5.62. The maximum absolute atomic E-state index is 12.4. The Morgan fingerprint density at radius 1 is 1.06 bits per heavy atom. The van der Waals surface area contributed by atoms with Gasteiger partial charge in [-0.3, -0.25) is 4.79 Å². The molecule has 0 bridgehead atoms. The van der Waals surface area contributed by atoms with Gasteiger partial charge in [-0.25, -0.2) is 0 Å². The van der Waals surface area contributed by atoms with E-state index in [1.54, 1.807) is 19.0 Å². The largest absolute Gasteiger partial charge is 0.490 e. The topological polar surface area (TPSA) is 89.7 Å². The fourth-order valence-electron chi connectivity index (χ4n) is 3.88. The molecule has 0 saturated heterocycles. The summed E-state index contributed by atoms with van der Waals surface area (Å²) in [4.78, 5) is 18.7. The number of hydrogen-bond donors (Lipinski definition) is 1. The van der Waals surface area contributed by atoms with E-state index in [1.807, 2.05) is 51.1 Å². The normalized spacial score (nSPS) is 11.8.